The number of phenolic OH excluding ortho intramolecular Hbond substituents is 1. The molecule has 0 unspecified atom stereocenters. The van der Waals surface area contributed by atoms with Crippen molar-refractivity contribution in [1.29, 1.82) is 10.5 Å². The second-order valence-corrected chi connectivity index (χ2v) is 10.7. The van der Waals surface area contributed by atoms with Gasteiger partial charge >= 0.3 is 0 Å². The van der Waals surface area contributed by atoms with Crippen LogP contribution in [0.2, 0.25) is 0 Å². The fourth-order valence-electron chi connectivity index (χ4n) is 5.55. The SMILES string of the molecule is COc1cc(-c2cnc(N3CCC(NCc4cccc(/C=C/C(=O)NO)c4)CC3)c(C#N)c2-c2ccc(C#N)c(F)c2)ccc1O. The number of carbonyl (C=O) groups excluding carboxylic acids is 1. The van der Waals surface area contributed by atoms with Crippen LogP contribution in [0.15, 0.2) is 72.9 Å². The number of anilines is 1. The molecule has 1 aliphatic rings. The van der Waals surface area contributed by atoms with E-state index in [1.807, 2.05) is 30.3 Å². The van der Waals surface area contributed by atoms with Gasteiger partial charge in [0.1, 0.15) is 29.3 Å². The van der Waals surface area contributed by atoms with Crippen LogP contribution < -0.4 is 20.4 Å². The Balaban J connectivity index is 1.39. The Kier molecular flexibility index (Phi) is 9.88. The van der Waals surface area contributed by atoms with Gasteiger partial charge in [0.2, 0.25) is 0 Å². The number of hydroxylamine groups is 1. The van der Waals surface area contributed by atoms with E-state index in [1.165, 1.54) is 31.4 Å². The van der Waals surface area contributed by atoms with Crippen molar-refractivity contribution in [3.8, 4) is 45.9 Å². The summed E-state index contributed by atoms with van der Waals surface area (Å²) in [6.45, 7) is 1.89. The van der Waals surface area contributed by atoms with Crippen LogP contribution in [-0.4, -0.2) is 47.4 Å². The van der Waals surface area contributed by atoms with Gasteiger partial charge in [-0.15, -0.1) is 0 Å². The molecule has 46 heavy (non-hydrogen) atoms. The predicted octanol–water partition coefficient (Wildman–Crippen LogP) is 5.29. The number of ether oxygens (including phenoxy) is 1. The quantitative estimate of drug-likeness (QED) is 0.111. The van der Waals surface area contributed by atoms with Gasteiger partial charge in [0.25, 0.3) is 5.91 Å². The molecule has 0 atom stereocenters. The Morgan fingerprint density at radius 2 is 1.89 bits per heavy atom. The van der Waals surface area contributed by atoms with E-state index in [0.29, 0.717) is 47.7 Å². The number of amides is 1. The highest BCUT2D eigenvalue weighted by Gasteiger charge is 2.26. The Labute approximate surface area is 265 Å². The largest absolute Gasteiger partial charge is 0.504 e. The molecule has 1 aliphatic heterocycles. The number of rotatable bonds is 9. The second kappa shape index (κ2) is 14.4. The number of nitriles is 2. The van der Waals surface area contributed by atoms with Gasteiger partial charge in [-0.1, -0.05) is 36.4 Å². The highest BCUT2D eigenvalue weighted by molar-refractivity contribution is 5.91. The first kappa shape index (κ1) is 31.7. The van der Waals surface area contributed by atoms with Crippen molar-refractivity contribution < 1.29 is 24.2 Å². The summed E-state index contributed by atoms with van der Waals surface area (Å²) in [5, 5.41) is 42.2. The summed E-state index contributed by atoms with van der Waals surface area (Å²) in [5.74, 6) is -0.614. The van der Waals surface area contributed by atoms with Crippen molar-refractivity contribution in [2.75, 3.05) is 25.1 Å². The van der Waals surface area contributed by atoms with Crippen molar-refractivity contribution in [2.45, 2.75) is 25.4 Å². The van der Waals surface area contributed by atoms with Crippen molar-refractivity contribution in [1.82, 2.24) is 15.8 Å². The van der Waals surface area contributed by atoms with Crippen LogP contribution >= 0.6 is 0 Å². The Bertz CT molecular complexity index is 1870. The van der Waals surface area contributed by atoms with Crippen molar-refractivity contribution in [3.05, 3.63) is 101 Å². The smallest absolute Gasteiger partial charge is 0.267 e. The molecular formula is C35H31FN6O4. The Hall–Kier alpha value is -5.75. The number of carbonyl (C=O) groups is 1. The van der Waals surface area contributed by atoms with E-state index in [-0.39, 0.29) is 28.7 Å². The van der Waals surface area contributed by atoms with Gasteiger partial charge < -0.3 is 20.1 Å². The van der Waals surface area contributed by atoms with Gasteiger partial charge in [-0.25, -0.2) is 14.9 Å². The summed E-state index contributed by atoms with van der Waals surface area (Å²) in [4.78, 5) is 18.1. The minimum absolute atomic E-state index is 0.0459. The summed E-state index contributed by atoms with van der Waals surface area (Å²) >= 11 is 0. The van der Waals surface area contributed by atoms with E-state index in [0.717, 1.165) is 24.0 Å². The van der Waals surface area contributed by atoms with Crippen LogP contribution in [0.3, 0.4) is 0 Å². The lowest BCUT2D eigenvalue weighted by molar-refractivity contribution is -0.124. The summed E-state index contributed by atoms with van der Waals surface area (Å²) in [6, 6.07) is 21.1. The standard InChI is InChI=1S/C35H31FN6O4/c1-46-32-17-24(8-9-31(32)43)29-21-40-35(28(19-38)34(29)25-6-7-26(18-37)30(36)16-25)42-13-11-27(12-14-42)39-20-23-4-2-3-22(15-23)5-10-33(44)41-45/h2-10,15-17,21,27,39,43,45H,11-14,20H2,1H3,(H,41,44)/b10-5+. The van der Waals surface area contributed by atoms with Crippen LogP contribution in [0.25, 0.3) is 28.3 Å². The fraction of sp³-hybridized carbons (Fsp3) is 0.200. The predicted molar refractivity (Wildman–Crippen MR) is 170 cm³/mol. The van der Waals surface area contributed by atoms with Crippen LogP contribution in [0.5, 0.6) is 11.5 Å². The molecule has 1 aromatic heterocycles. The Morgan fingerprint density at radius 3 is 2.59 bits per heavy atom. The Morgan fingerprint density at radius 1 is 1.11 bits per heavy atom. The lowest BCUT2D eigenvalue weighted by atomic mass is 9.91. The molecule has 1 amide bonds. The van der Waals surface area contributed by atoms with E-state index >= 15 is 0 Å². The maximum Gasteiger partial charge on any atom is 0.267 e. The maximum atomic E-state index is 14.9. The van der Waals surface area contributed by atoms with Crippen LogP contribution in [0, 0.1) is 28.5 Å². The molecule has 0 spiro atoms. The molecule has 0 bridgehead atoms. The second-order valence-electron chi connectivity index (χ2n) is 10.7. The van der Waals surface area contributed by atoms with Gasteiger partial charge in [-0.2, -0.15) is 10.5 Å². The minimum Gasteiger partial charge on any atom is -0.504 e. The van der Waals surface area contributed by atoms with E-state index in [1.54, 1.807) is 36.0 Å². The lowest BCUT2D eigenvalue weighted by Crippen LogP contribution is -2.42. The summed E-state index contributed by atoms with van der Waals surface area (Å²) < 4.78 is 20.2. The van der Waals surface area contributed by atoms with Crippen molar-refractivity contribution in [3.63, 3.8) is 0 Å². The van der Waals surface area contributed by atoms with Gasteiger partial charge in [-0.3, -0.25) is 10.0 Å². The number of halogens is 1. The number of methoxy groups -OCH3 is 1. The summed E-state index contributed by atoms with van der Waals surface area (Å²) in [6.07, 6.45) is 6.10. The van der Waals surface area contributed by atoms with Crippen LogP contribution in [-0.2, 0) is 11.3 Å². The topological polar surface area (TPSA) is 155 Å². The normalized spacial score (nSPS) is 13.3. The van der Waals surface area contributed by atoms with Gasteiger partial charge in [0.05, 0.1) is 12.7 Å². The van der Waals surface area contributed by atoms with Crippen molar-refractivity contribution >= 4 is 17.8 Å². The number of phenols is 1. The number of nitrogens with one attached hydrogen (secondary N) is 2. The molecule has 4 N–H and O–H groups in total. The number of aromatic hydroxyl groups is 1. The monoisotopic (exact) mass is 618 g/mol. The molecular weight excluding hydrogens is 587 g/mol. The molecule has 10 nitrogen and oxygen atoms in total. The highest BCUT2D eigenvalue weighted by atomic mass is 19.1. The number of nitrogens with zero attached hydrogens (tertiary/aromatic N) is 4. The molecule has 232 valence electrons. The number of benzene rings is 3. The number of pyridine rings is 1. The molecule has 1 fully saturated rings. The molecule has 2 heterocycles. The van der Waals surface area contributed by atoms with Gasteiger partial charge in [-0.05, 0) is 65.4 Å². The van der Waals surface area contributed by atoms with Crippen LogP contribution in [0.1, 0.15) is 35.1 Å². The molecule has 0 saturated carbocycles. The van der Waals surface area contributed by atoms with E-state index in [4.69, 9.17) is 14.9 Å². The minimum atomic E-state index is -0.694. The third kappa shape index (κ3) is 6.97. The number of piperidine rings is 1. The summed E-state index contributed by atoms with van der Waals surface area (Å²) in [7, 11) is 1.44. The molecule has 0 aliphatic carbocycles. The zero-order valence-corrected chi connectivity index (χ0v) is 25.0. The average molecular weight is 619 g/mol. The lowest BCUT2D eigenvalue weighted by Gasteiger charge is -2.34. The highest BCUT2D eigenvalue weighted by Crippen LogP contribution is 2.41. The first-order chi connectivity index (χ1) is 22.3. The van der Waals surface area contributed by atoms with Crippen LogP contribution in [0.4, 0.5) is 10.2 Å². The first-order valence-corrected chi connectivity index (χ1v) is 14.5. The van der Waals surface area contributed by atoms with E-state index in [2.05, 4.69) is 16.3 Å². The average Bonchev–Trinajstić information content (AvgIpc) is 3.09. The van der Waals surface area contributed by atoms with E-state index in [9.17, 15) is 24.8 Å². The third-order valence-corrected chi connectivity index (χ3v) is 7.92. The van der Waals surface area contributed by atoms with Crippen molar-refractivity contribution in [2.24, 2.45) is 0 Å². The molecule has 0 radical (unpaired) electrons. The molecule has 3 aromatic carbocycles. The third-order valence-electron chi connectivity index (χ3n) is 7.92. The molecule has 1 saturated heterocycles. The summed E-state index contributed by atoms with van der Waals surface area (Å²) in [5.41, 5.74) is 5.68. The number of aromatic nitrogens is 1. The fourth-order valence-corrected chi connectivity index (χ4v) is 5.55. The van der Waals surface area contributed by atoms with Gasteiger partial charge in [0, 0.05) is 49.1 Å². The molecule has 5 rings (SSSR count). The van der Waals surface area contributed by atoms with Gasteiger partial charge in [0.15, 0.2) is 11.5 Å². The molecule has 4 aromatic rings. The zero-order valence-electron chi connectivity index (χ0n) is 25.0. The maximum absolute atomic E-state index is 14.9. The number of hydrogen-bond donors (Lipinski definition) is 4. The zero-order chi connectivity index (χ0) is 32.6. The first-order valence-electron chi connectivity index (χ1n) is 14.5. The van der Waals surface area contributed by atoms with E-state index < -0.39 is 11.7 Å². The molecule has 11 heteroatoms. The number of hydrogen-bond acceptors (Lipinski definition) is 9.